The Morgan fingerprint density at radius 3 is 2.44 bits per heavy atom. The van der Waals surface area contributed by atoms with Gasteiger partial charge in [-0.25, -0.2) is 9.78 Å². The van der Waals surface area contributed by atoms with Crippen molar-refractivity contribution in [2.45, 2.75) is 91.6 Å². The van der Waals surface area contributed by atoms with Gasteiger partial charge in [0, 0.05) is 16.5 Å². The number of benzene rings is 1. The molecule has 0 bridgehead atoms. The molecule has 1 unspecified atom stereocenters. The van der Waals surface area contributed by atoms with Crippen molar-refractivity contribution < 1.29 is 33.3 Å². The Morgan fingerprint density at radius 1 is 1.07 bits per heavy atom. The number of ether oxygens (including phenoxy) is 4. The fourth-order valence-electron chi connectivity index (χ4n) is 6.17. The van der Waals surface area contributed by atoms with Crippen molar-refractivity contribution in [3.63, 3.8) is 0 Å². The molecule has 2 aliphatic rings. The molecule has 1 atom stereocenters. The number of pyridine rings is 2. The summed E-state index contributed by atoms with van der Waals surface area (Å²) in [5.41, 5.74) is 2.37. The van der Waals surface area contributed by atoms with Crippen molar-refractivity contribution in [3.05, 3.63) is 56.9 Å². The van der Waals surface area contributed by atoms with Crippen LogP contribution in [0, 0.1) is 5.92 Å². The highest BCUT2D eigenvalue weighted by Crippen LogP contribution is 2.40. The Bertz CT molecular complexity index is 1700. The number of aromatic nitrogens is 2. The minimum Gasteiger partial charge on any atom is -0.463 e. The van der Waals surface area contributed by atoms with Gasteiger partial charge >= 0.3 is 12.1 Å². The summed E-state index contributed by atoms with van der Waals surface area (Å²) >= 11 is 0. The highest BCUT2D eigenvalue weighted by Gasteiger charge is 2.38. The molecule has 2 aliphatic heterocycles. The zero-order valence-electron chi connectivity index (χ0n) is 26.8. The largest absolute Gasteiger partial charge is 0.514 e. The second-order valence-corrected chi connectivity index (χ2v) is 12.8. The van der Waals surface area contributed by atoms with Gasteiger partial charge in [0.1, 0.15) is 23.6 Å². The minimum atomic E-state index is -1.14. The van der Waals surface area contributed by atoms with E-state index in [9.17, 15) is 19.2 Å². The third-order valence-corrected chi connectivity index (χ3v) is 8.62. The van der Waals surface area contributed by atoms with Crippen molar-refractivity contribution >= 4 is 29.5 Å². The lowest BCUT2D eigenvalue weighted by atomic mass is 9.88. The average molecular weight is 620 g/mol. The molecule has 0 amide bonds. The highest BCUT2D eigenvalue weighted by atomic mass is 16.7. The topological polar surface area (TPSA) is 135 Å². The number of hydrogen-bond acceptors (Lipinski definition) is 10. The van der Waals surface area contributed by atoms with Crippen molar-refractivity contribution in [3.8, 4) is 17.1 Å². The Balaban J connectivity index is 1.60. The van der Waals surface area contributed by atoms with Gasteiger partial charge in [-0.15, -0.1) is 0 Å². The molecule has 2 aromatic heterocycles. The minimum absolute atomic E-state index is 0.229. The molecule has 0 spiro atoms. The Labute approximate surface area is 262 Å². The van der Waals surface area contributed by atoms with Gasteiger partial charge in [-0.1, -0.05) is 13.8 Å². The number of esters is 1. The maximum atomic E-state index is 14.1. The fourth-order valence-corrected chi connectivity index (χ4v) is 6.17. The standard InChI is InChI=1S/C34H41N3O8/c1-7-22-23-15-21(43-32(41)45-33(3,4)5)9-10-27(23)36-29-24(22)17-37-28(29)16-26(25(30(37)39)18-42-19-38)34(6,8-2)44-31(40)20-11-13-35-14-12-20/h9-10,15-16,19-20,35H,7-8,11-14,17-18H2,1-6H3. The first-order chi connectivity index (χ1) is 21.4. The first-order valence-electron chi connectivity index (χ1n) is 15.5. The molecule has 5 rings (SSSR count). The molecule has 11 heteroatoms. The van der Waals surface area contributed by atoms with E-state index in [0.29, 0.717) is 60.4 Å². The number of carbonyl (C=O) groups excluding carboxylic acids is 3. The van der Waals surface area contributed by atoms with E-state index in [2.05, 4.69) is 5.32 Å². The van der Waals surface area contributed by atoms with Crippen LogP contribution >= 0.6 is 0 Å². The summed E-state index contributed by atoms with van der Waals surface area (Å²) in [6.45, 7) is 12.8. The first-order valence-corrected chi connectivity index (χ1v) is 15.5. The lowest BCUT2D eigenvalue weighted by Crippen LogP contribution is -2.39. The molecule has 4 heterocycles. The lowest BCUT2D eigenvalue weighted by molar-refractivity contribution is -0.166. The Hall–Kier alpha value is -4.25. The van der Waals surface area contributed by atoms with Crippen molar-refractivity contribution in [2.75, 3.05) is 13.1 Å². The molecule has 1 N–H and O–H groups in total. The molecule has 240 valence electrons. The number of hydrogen-bond donors (Lipinski definition) is 1. The van der Waals surface area contributed by atoms with Crippen LogP contribution in [0.4, 0.5) is 4.79 Å². The van der Waals surface area contributed by atoms with E-state index in [1.54, 1.807) is 50.5 Å². The second-order valence-electron chi connectivity index (χ2n) is 12.8. The van der Waals surface area contributed by atoms with Crippen LogP contribution in [0.5, 0.6) is 5.75 Å². The van der Waals surface area contributed by atoms with Gasteiger partial charge in [0.25, 0.3) is 12.0 Å². The smallest absolute Gasteiger partial charge is 0.463 e. The predicted octanol–water partition coefficient (Wildman–Crippen LogP) is 5.14. The summed E-state index contributed by atoms with van der Waals surface area (Å²) < 4.78 is 23.7. The van der Waals surface area contributed by atoms with E-state index in [4.69, 9.17) is 23.9 Å². The van der Waals surface area contributed by atoms with Crippen LogP contribution in [0.2, 0.25) is 0 Å². The van der Waals surface area contributed by atoms with Crippen LogP contribution in [0.3, 0.4) is 0 Å². The van der Waals surface area contributed by atoms with E-state index in [-0.39, 0.29) is 36.2 Å². The fraction of sp³-hybridized carbons (Fsp3) is 0.500. The molecular formula is C34H41N3O8. The summed E-state index contributed by atoms with van der Waals surface area (Å²) in [7, 11) is 0. The van der Waals surface area contributed by atoms with E-state index in [1.165, 1.54) is 0 Å². The maximum Gasteiger partial charge on any atom is 0.514 e. The second kappa shape index (κ2) is 12.6. The van der Waals surface area contributed by atoms with Crippen LogP contribution in [0.25, 0.3) is 22.3 Å². The number of nitrogens with zero attached hydrogens (tertiary/aromatic N) is 2. The van der Waals surface area contributed by atoms with Gasteiger partial charge in [0.05, 0.1) is 34.9 Å². The normalized spacial score (nSPS) is 16.0. The first kappa shape index (κ1) is 32.2. The van der Waals surface area contributed by atoms with Gasteiger partial charge in [0.15, 0.2) is 0 Å². The molecule has 45 heavy (non-hydrogen) atoms. The SMILES string of the molecule is CCc1c2c(nc3ccc(OC(=O)OC(C)(C)C)cc13)-c1cc(C(C)(CC)OC(=O)C3CCNCC3)c(COC=O)c(=O)n1C2. The average Bonchev–Trinajstić information content (AvgIpc) is 3.37. The van der Waals surface area contributed by atoms with E-state index < -0.39 is 17.4 Å². The highest BCUT2D eigenvalue weighted by molar-refractivity contribution is 5.89. The lowest BCUT2D eigenvalue weighted by Gasteiger charge is -2.33. The third kappa shape index (κ3) is 6.45. The molecule has 11 nitrogen and oxygen atoms in total. The monoisotopic (exact) mass is 619 g/mol. The zero-order chi connectivity index (χ0) is 32.5. The van der Waals surface area contributed by atoms with Gasteiger partial charge in [0.2, 0.25) is 0 Å². The molecule has 0 aliphatic carbocycles. The number of carbonyl (C=O) groups is 3. The predicted molar refractivity (Wildman–Crippen MR) is 167 cm³/mol. The van der Waals surface area contributed by atoms with Gasteiger partial charge in [-0.05, 0) is 96.3 Å². The van der Waals surface area contributed by atoms with Gasteiger partial charge < -0.3 is 28.8 Å². The summed E-state index contributed by atoms with van der Waals surface area (Å²) in [6.07, 6.45) is 1.60. The van der Waals surface area contributed by atoms with Crippen LogP contribution in [-0.4, -0.2) is 46.8 Å². The summed E-state index contributed by atoms with van der Waals surface area (Å²) in [6, 6.07) is 7.06. The number of fused-ring (bicyclic) bond motifs is 4. The van der Waals surface area contributed by atoms with E-state index in [1.807, 2.05) is 19.9 Å². The quantitative estimate of drug-likeness (QED) is 0.116. The number of nitrogens with one attached hydrogen (secondary N) is 1. The summed E-state index contributed by atoms with van der Waals surface area (Å²) in [5.74, 6) is -0.205. The molecule has 1 aromatic carbocycles. The Morgan fingerprint density at radius 2 is 1.80 bits per heavy atom. The van der Waals surface area contributed by atoms with Crippen molar-refractivity contribution in [2.24, 2.45) is 5.92 Å². The van der Waals surface area contributed by atoms with Gasteiger partial charge in [-0.3, -0.25) is 14.4 Å². The van der Waals surface area contributed by atoms with Crippen LogP contribution in [0.15, 0.2) is 29.1 Å². The summed E-state index contributed by atoms with van der Waals surface area (Å²) in [5, 5.41) is 4.06. The summed E-state index contributed by atoms with van der Waals surface area (Å²) in [4.78, 5) is 55.9. The maximum absolute atomic E-state index is 14.1. The van der Waals surface area contributed by atoms with Crippen LogP contribution < -0.4 is 15.6 Å². The molecule has 1 fully saturated rings. The number of piperidine rings is 1. The number of rotatable bonds is 9. The van der Waals surface area contributed by atoms with Gasteiger partial charge in [-0.2, -0.15) is 0 Å². The van der Waals surface area contributed by atoms with Crippen LogP contribution in [-0.2, 0) is 49.0 Å². The molecule has 3 aromatic rings. The van der Waals surface area contributed by atoms with Crippen LogP contribution in [0.1, 0.15) is 83.1 Å². The number of aryl methyl sites for hydroxylation is 1. The Kier molecular flexibility index (Phi) is 9.02. The van der Waals surface area contributed by atoms with Crippen molar-refractivity contribution in [1.82, 2.24) is 14.9 Å². The van der Waals surface area contributed by atoms with E-state index in [0.717, 1.165) is 29.6 Å². The third-order valence-electron chi connectivity index (χ3n) is 8.62. The molecular weight excluding hydrogens is 578 g/mol. The zero-order valence-corrected chi connectivity index (χ0v) is 26.8. The molecule has 0 saturated carbocycles. The molecule has 1 saturated heterocycles. The molecule has 0 radical (unpaired) electrons. The van der Waals surface area contributed by atoms with Crippen molar-refractivity contribution in [1.29, 1.82) is 0 Å². The van der Waals surface area contributed by atoms with E-state index >= 15 is 0 Å².